The van der Waals surface area contributed by atoms with Gasteiger partial charge < -0.3 is 10.1 Å². The van der Waals surface area contributed by atoms with Gasteiger partial charge in [-0.2, -0.15) is 0 Å². The zero-order valence-corrected chi connectivity index (χ0v) is 18.7. The summed E-state index contributed by atoms with van der Waals surface area (Å²) in [7, 11) is 0. The Morgan fingerprint density at radius 2 is 1.73 bits per heavy atom. The quantitative estimate of drug-likeness (QED) is 0.353. The van der Waals surface area contributed by atoms with E-state index in [1.54, 1.807) is 23.5 Å². The number of allylic oxidation sites excluding steroid dienone is 4. The van der Waals surface area contributed by atoms with Gasteiger partial charge in [0.2, 0.25) is 0 Å². The molecule has 4 aromatic rings. The van der Waals surface area contributed by atoms with Crippen LogP contribution in [0.2, 0.25) is 0 Å². The number of ether oxygens (including phenoxy) is 1. The Hall–Kier alpha value is -3.96. The van der Waals surface area contributed by atoms with Crippen molar-refractivity contribution in [2.24, 2.45) is 0 Å². The molecule has 0 aliphatic heterocycles. The maximum absolute atomic E-state index is 12.6. The average molecular weight is 453 g/mol. The molecule has 0 bridgehead atoms. The highest BCUT2D eigenvalue weighted by Gasteiger charge is 2.08. The number of anilines is 1. The summed E-state index contributed by atoms with van der Waals surface area (Å²) in [6.45, 7) is 0. The van der Waals surface area contributed by atoms with Crippen LogP contribution < -0.4 is 15.5 Å². The topological polar surface area (TPSA) is 51.2 Å². The van der Waals surface area contributed by atoms with Crippen LogP contribution in [0.1, 0.15) is 18.3 Å². The fraction of sp³-hybridized carbons (Fsp3) is 0.0714. The molecule has 2 heterocycles. The SMILES string of the molecule is O=c1ccc(NC2=CCC=C(Oc3ccccc3)C=C2)nc2sc(Cc3ccccc3)cc12.[HH]. The van der Waals surface area contributed by atoms with E-state index >= 15 is 0 Å². The van der Waals surface area contributed by atoms with Crippen LogP contribution in [0.25, 0.3) is 10.2 Å². The molecule has 4 nitrogen and oxygen atoms in total. The minimum Gasteiger partial charge on any atom is -0.458 e. The van der Waals surface area contributed by atoms with Gasteiger partial charge in [0.15, 0.2) is 5.43 Å². The van der Waals surface area contributed by atoms with E-state index in [1.807, 2.05) is 72.8 Å². The van der Waals surface area contributed by atoms with E-state index < -0.39 is 0 Å². The van der Waals surface area contributed by atoms with E-state index in [4.69, 9.17) is 9.72 Å². The lowest BCUT2D eigenvalue weighted by Crippen LogP contribution is -1.97. The molecule has 1 aliphatic carbocycles. The summed E-state index contributed by atoms with van der Waals surface area (Å²) < 4.78 is 5.93. The van der Waals surface area contributed by atoms with Gasteiger partial charge >= 0.3 is 0 Å². The molecule has 0 saturated carbocycles. The lowest BCUT2D eigenvalue weighted by Gasteiger charge is -2.05. The standard InChI is InChI=1S/C28H22N2O2S.H2/c31-26-16-17-27(30-28-25(26)19-24(33-28)18-20-8-3-1-4-9-20)29-21-10-7-13-23(15-14-21)32-22-11-5-2-6-12-22;/h1-6,8-17,19H,7,18H2,(H,29,30);1H. The maximum Gasteiger partial charge on any atom is 0.189 e. The first-order valence-electron chi connectivity index (χ1n) is 10.8. The number of rotatable bonds is 6. The maximum atomic E-state index is 12.6. The third-order valence-corrected chi connectivity index (χ3v) is 6.23. The Bertz CT molecular complexity index is 1430. The van der Waals surface area contributed by atoms with Gasteiger partial charge in [-0.15, -0.1) is 11.3 Å². The highest BCUT2D eigenvalue weighted by Crippen LogP contribution is 2.25. The molecule has 0 radical (unpaired) electrons. The zero-order chi connectivity index (χ0) is 22.5. The van der Waals surface area contributed by atoms with E-state index in [0.29, 0.717) is 11.2 Å². The van der Waals surface area contributed by atoms with Crippen molar-refractivity contribution in [1.29, 1.82) is 0 Å². The number of nitrogens with one attached hydrogen (secondary N) is 1. The molecule has 164 valence electrons. The minimum atomic E-state index is -0.0216. The van der Waals surface area contributed by atoms with E-state index in [0.717, 1.165) is 39.8 Å². The molecule has 0 amide bonds. The van der Waals surface area contributed by atoms with Crippen molar-refractivity contribution in [3.63, 3.8) is 0 Å². The summed E-state index contributed by atoms with van der Waals surface area (Å²) in [5, 5.41) is 4.00. The van der Waals surface area contributed by atoms with E-state index in [-0.39, 0.29) is 6.86 Å². The fourth-order valence-electron chi connectivity index (χ4n) is 3.59. The Balaban J connectivity index is 0.00000274. The van der Waals surface area contributed by atoms with Gasteiger partial charge in [0.05, 0.1) is 5.39 Å². The molecule has 0 fully saturated rings. The second-order valence-electron chi connectivity index (χ2n) is 7.66. The number of benzene rings is 2. The van der Waals surface area contributed by atoms with Crippen molar-refractivity contribution in [3.05, 3.63) is 135 Å². The lowest BCUT2D eigenvalue weighted by molar-refractivity contribution is 0.443. The predicted molar refractivity (Wildman–Crippen MR) is 138 cm³/mol. The number of para-hydroxylation sites is 1. The van der Waals surface area contributed by atoms with Gasteiger partial charge in [-0.3, -0.25) is 4.79 Å². The molecule has 0 spiro atoms. The Kier molecular flexibility index (Phi) is 6.13. The van der Waals surface area contributed by atoms with E-state index in [1.165, 1.54) is 5.56 Å². The van der Waals surface area contributed by atoms with Crippen molar-refractivity contribution in [2.45, 2.75) is 12.8 Å². The molecule has 2 aromatic heterocycles. The summed E-state index contributed by atoms with van der Waals surface area (Å²) in [5.74, 6) is 2.23. The zero-order valence-electron chi connectivity index (χ0n) is 17.9. The Morgan fingerprint density at radius 1 is 0.939 bits per heavy atom. The molecule has 5 rings (SSSR count). The number of fused-ring (bicyclic) bond motifs is 1. The van der Waals surface area contributed by atoms with Crippen LogP contribution >= 0.6 is 11.3 Å². The monoisotopic (exact) mass is 452 g/mol. The number of nitrogens with zero attached hydrogens (tertiary/aromatic N) is 1. The first-order valence-corrected chi connectivity index (χ1v) is 11.6. The summed E-state index contributed by atoms with van der Waals surface area (Å²) in [6, 6.07) is 25.3. The second kappa shape index (κ2) is 9.67. The van der Waals surface area contributed by atoms with Crippen molar-refractivity contribution in [1.82, 2.24) is 4.98 Å². The second-order valence-corrected chi connectivity index (χ2v) is 8.78. The Labute approximate surface area is 197 Å². The van der Waals surface area contributed by atoms with Gasteiger partial charge in [0.25, 0.3) is 0 Å². The summed E-state index contributed by atoms with van der Waals surface area (Å²) in [4.78, 5) is 19.3. The highest BCUT2D eigenvalue weighted by molar-refractivity contribution is 7.18. The summed E-state index contributed by atoms with van der Waals surface area (Å²) in [5.41, 5.74) is 2.10. The van der Waals surface area contributed by atoms with Crippen LogP contribution in [-0.2, 0) is 6.42 Å². The molecule has 33 heavy (non-hydrogen) atoms. The van der Waals surface area contributed by atoms with Crippen LogP contribution in [0.5, 0.6) is 5.75 Å². The van der Waals surface area contributed by atoms with Crippen LogP contribution in [0.4, 0.5) is 5.82 Å². The smallest absolute Gasteiger partial charge is 0.189 e. The van der Waals surface area contributed by atoms with Gasteiger partial charge in [0, 0.05) is 18.4 Å². The van der Waals surface area contributed by atoms with E-state index in [2.05, 4.69) is 23.5 Å². The van der Waals surface area contributed by atoms with Crippen molar-refractivity contribution in [3.8, 4) is 5.75 Å². The van der Waals surface area contributed by atoms with Gasteiger partial charge in [0.1, 0.15) is 22.2 Å². The molecule has 2 aromatic carbocycles. The number of aromatic nitrogens is 1. The lowest BCUT2D eigenvalue weighted by atomic mass is 10.1. The number of hydrogen-bond donors (Lipinski definition) is 1. The van der Waals surface area contributed by atoms with Crippen LogP contribution in [0.15, 0.2) is 119 Å². The summed E-state index contributed by atoms with van der Waals surface area (Å²) in [6.07, 6.45) is 9.49. The van der Waals surface area contributed by atoms with Crippen molar-refractivity contribution < 1.29 is 6.16 Å². The van der Waals surface area contributed by atoms with Crippen LogP contribution in [0, 0.1) is 0 Å². The first kappa shape index (κ1) is 20.9. The summed E-state index contributed by atoms with van der Waals surface area (Å²) >= 11 is 1.56. The van der Waals surface area contributed by atoms with Crippen LogP contribution in [0.3, 0.4) is 0 Å². The highest BCUT2D eigenvalue weighted by atomic mass is 32.1. The predicted octanol–water partition coefficient (Wildman–Crippen LogP) is 6.71. The third-order valence-electron chi connectivity index (χ3n) is 5.20. The molecular weight excluding hydrogens is 428 g/mol. The normalized spacial score (nSPS) is 13.2. The average Bonchev–Trinajstić information content (AvgIpc) is 3.01. The molecular formula is C28H24N2O2S. The van der Waals surface area contributed by atoms with Gasteiger partial charge in [-0.1, -0.05) is 54.6 Å². The van der Waals surface area contributed by atoms with E-state index in [9.17, 15) is 4.79 Å². The van der Waals surface area contributed by atoms with Crippen molar-refractivity contribution >= 4 is 27.4 Å². The van der Waals surface area contributed by atoms with Gasteiger partial charge in [-0.05, 0) is 60.5 Å². The Morgan fingerprint density at radius 3 is 2.55 bits per heavy atom. The molecule has 5 heteroatoms. The fourth-order valence-corrected chi connectivity index (χ4v) is 4.66. The molecule has 1 aliphatic rings. The molecule has 0 atom stereocenters. The molecule has 0 unspecified atom stereocenters. The van der Waals surface area contributed by atoms with Crippen molar-refractivity contribution in [2.75, 3.05) is 5.32 Å². The molecule has 0 saturated heterocycles. The largest absolute Gasteiger partial charge is 0.458 e. The third kappa shape index (κ3) is 5.27. The molecule has 1 N–H and O–H groups in total. The first-order chi connectivity index (χ1) is 16.2. The van der Waals surface area contributed by atoms with Gasteiger partial charge in [-0.25, -0.2) is 4.98 Å². The number of hydrogen-bond acceptors (Lipinski definition) is 5. The van der Waals surface area contributed by atoms with Crippen LogP contribution in [-0.4, -0.2) is 4.98 Å². The number of thiophene rings is 1. The minimum absolute atomic E-state index is 0.